The van der Waals surface area contributed by atoms with Crippen molar-refractivity contribution >= 4 is 17.6 Å². The van der Waals surface area contributed by atoms with E-state index in [1.165, 1.54) is 0 Å². The molecule has 198 valence electrons. The van der Waals surface area contributed by atoms with Crippen molar-refractivity contribution in [2.24, 2.45) is 5.29 Å². The van der Waals surface area contributed by atoms with Gasteiger partial charge in [0.05, 0.1) is 25.0 Å². The number of aliphatic hydroxyl groups excluding tert-OH is 7. The van der Waals surface area contributed by atoms with Gasteiger partial charge in [-0.25, -0.2) is 4.79 Å². The third-order valence-electron chi connectivity index (χ3n) is 5.61. The van der Waals surface area contributed by atoms with Gasteiger partial charge in [0, 0.05) is 12.4 Å². The van der Waals surface area contributed by atoms with Crippen LogP contribution in [-0.4, -0.2) is 145 Å². The van der Waals surface area contributed by atoms with Gasteiger partial charge in [0.1, 0.15) is 48.8 Å². The number of carbonyl (C=O) groups excluding carboxylic acids is 1. The second-order valence-corrected chi connectivity index (χ2v) is 8.27. The van der Waals surface area contributed by atoms with Crippen LogP contribution in [0.4, 0.5) is 4.79 Å². The van der Waals surface area contributed by atoms with Crippen molar-refractivity contribution in [2.75, 3.05) is 32.2 Å². The number of amides is 2. The maximum absolute atomic E-state index is 12.8. The summed E-state index contributed by atoms with van der Waals surface area (Å²) in [6, 6.07) is -0.946. The lowest BCUT2D eigenvalue weighted by atomic mass is 9.96. The Bertz CT molecular complexity index is 662. The number of carbonyl (C=O) groups is 1. The smallest absolute Gasteiger partial charge is 0.345 e. The quantitative estimate of drug-likeness (QED) is 0.0858. The first-order chi connectivity index (χ1) is 16.2. The zero-order valence-corrected chi connectivity index (χ0v) is 19.2. The van der Waals surface area contributed by atoms with Gasteiger partial charge in [-0.05, 0) is 6.42 Å². The molecule has 2 heterocycles. The fourth-order valence-electron chi connectivity index (χ4n) is 3.80. The Morgan fingerprint density at radius 3 is 2.12 bits per heavy atom. The van der Waals surface area contributed by atoms with Gasteiger partial charge >= 0.3 is 6.03 Å². The van der Waals surface area contributed by atoms with Crippen molar-refractivity contribution in [3.8, 4) is 0 Å². The normalized spacial score (nSPS) is 38.4. The fraction of sp³-hybridized carbons (Fsp3) is 0.944. The fourth-order valence-corrected chi connectivity index (χ4v) is 3.96. The zero-order chi connectivity index (χ0) is 25.6. The van der Waals surface area contributed by atoms with E-state index in [9.17, 15) is 45.4 Å². The Labute approximate surface area is 199 Å². The van der Waals surface area contributed by atoms with Crippen LogP contribution >= 0.6 is 11.6 Å². The standard InChI is InChI=1S/C18H32ClN3O12/c1-2-4-21(18(30)22(20-31)5-3-19)16-13(28)12(27)15(9(7-24)32-16)34-17-14(29)11(26)10(25)8(6-23)33-17/h8-17,23-29H,2-7H2,1H3/t8-,9-,10-,11+,12-,13-,14-,15-,16?,17-/m1/s1. The minimum atomic E-state index is -1.81. The predicted octanol–water partition coefficient (Wildman–Crippen LogP) is -3.34. The summed E-state index contributed by atoms with van der Waals surface area (Å²) >= 11 is 5.58. The van der Waals surface area contributed by atoms with Gasteiger partial charge in [0.2, 0.25) is 0 Å². The molecule has 0 aromatic rings. The van der Waals surface area contributed by atoms with Crippen LogP contribution in [0.3, 0.4) is 0 Å². The van der Waals surface area contributed by atoms with E-state index in [-0.39, 0.29) is 19.0 Å². The molecule has 0 aromatic heterocycles. The summed E-state index contributed by atoms with van der Waals surface area (Å²) in [4.78, 5) is 24.8. The first kappa shape index (κ1) is 29.0. The lowest BCUT2D eigenvalue weighted by Crippen LogP contribution is -2.67. The molecule has 2 saturated heterocycles. The summed E-state index contributed by atoms with van der Waals surface area (Å²) in [7, 11) is 0. The largest absolute Gasteiger partial charge is 0.394 e. The number of hydrogen-bond donors (Lipinski definition) is 7. The second kappa shape index (κ2) is 13.2. The van der Waals surface area contributed by atoms with Crippen molar-refractivity contribution in [1.82, 2.24) is 9.91 Å². The zero-order valence-electron chi connectivity index (χ0n) is 18.4. The predicted molar refractivity (Wildman–Crippen MR) is 112 cm³/mol. The number of urea groups is 1. The highest BCUT2D eigenvalue weighted by molar-refractivity contribution is 6.18. The van der Waals surface area contributed by atoms with Crippen LogP contribution in [0.25, 0.3) is 0 Å². The number of ether oxygens (including phenoxy) is 3. The molecule has 2 aliphatic rings. The van der Waals surface area contributed by atoms with E-state index in [1.54, 1.807) is 6.92 Å². The molecule has 2 amide bonds. The highest BCUT2D eigenvalue weighted by Gasteiger charge is 2.52. The van der Waals surface area contributed by atoms with Crippen LogP contribution in [-0.2, 0) is 14.2 Å². The molecular weight excluding hydrogens is 486 g/mol. The van der Waals surface area contributed by atoms with Crippen molar-refractivity contribution < 1.29 is 54.8 Å². The Morgan fingerprint density at radius 2 is 1.59 bits per heavy atom. The van der Waals surface area contributed by atoms with Gasteiger partial charge in [-0.3, -0.25) is 4.90 Å². The topological polar surface area (TPSA) is 222 Å². The lowest BCUT2D eigenvalue weighted by Gasteiger charge is -2.48. The minimum absolute atomic E-state index is 0.0159. The number of rotatable bonds is 10. The summed E-state index contributed by atoms with van der Waals surface area (Å²) in [5.41, 5.74) is 0. The monoisotopic (exact) mass is 517 g/mol. The van der Waals surface area contributed by atoms with E-state index < -0.39 is 80.6 Å². The first-order valence-corrected chi connectivity index (χ1v) is 11.3. The van der Waals surface area contributed by atoms with E-state index in [4.69, 9.17) is 25.8 Å². The van der Waals surface area contributed by atoms with Gasteiger partial charge < -0.3 is 50.0 Å². The molecule has 0 aliphatic carbocycles. The highest BCUT2D eigenvalue weighted by atomic mass is 35.5. The minimum Gasteiger partial charge on any atom is -0.394 e. The molecule has 2 fully saturated rings. The average Bonchev–Trinajstić information content (AvgIpc) is 2.84. The summed E-state index contributed by atoms with van der Waals surface area (Å²) in [6.07, 6.45) is -15.8. The second-order valence-electron chi connectivity index (χ2n) is 7.90. The molecule has 0 saturated carbocycles. The van der Waals surface area contributed by atoms with Gasteiger partial charge in [0.25, 0.3) is 0 Å². The molecule has 1 unspecified atom stereocenters. The van der Waals surface area contributed by atoms with Crippen molar-refractivity contribution in [1.29, 1.82) is 0 Å². The van der Waals surface area contributed by atoms with Crippen LogP contribution in [0, 0.1) is 4.91 Å². The Morgan fingerprint density at radius 1 is 0.941 bits per heavy atom. The van der Waals surface area contributed by atoms with Gasteiger partial charge in [-0.2, -0.15) is 5.01 Å². The Balaban J connectivity index is 2.23. The molecule has 0 radical (unpaired) electrons. The molecule has 2 rings (SSSR count). The van der Waals surface area contributed by atoms with Crippen LogP contribution in [0.5, 0.6) is 0 Å². The summed E-state index contributed by atoms with van der Waals surface area (Å²) in [6.45, 7) is -0.0193. The molecule has 0 spiro atoms. The summed E-state index contributed by atoms with van der Waals surface area (Å²) in [5, 5.41) is 73.8. The van der Waals surface area contributed by atoms with Crippen molar-refractivity contribution in [3.05, 3.63) is 4.91 Å². The van der Waals surface area contributed by atoms with Gasteiger partial charge in [-0.1, -0.05) is 6.92 Å². The Hall–Kier alpha value is -1.24. The van der Waals surface area contributed by atoms with Crippen molar-refractivity contribution in [3.63, 3.8) is 0 Å². The average molecular weight is 518 g/mol. The Kier molecular flexibility index (Phi) is 11.2. The number of aliphatic hydroxyl groups is 7. The molecule has 0 bridgehead atoms. The van der Waals surface area contributed by atoms with E-state index in [1.807, 2.05) is 0 Å². The third-order valence-corrected chi connectivity index (χ3v) is 5.78. The number of nitroso groups, excluding NO2 is 1. The van der Waals surface area contributed by atoms with Crippen molar-refractivity contribution in [2.45, 2.75) is 74.7 Å². The molecule has 34 heavy (non-hydrogen) atoms. The van der Waals surface area contributed by atoms with Crippen LogP contribution in [0.2, 0.25) is 0 Å². The summed E-state index contributed by atoms with van der Waals surface area (Å²) in [5.74, 6) is -0.0948. The van der Waals surface area contributed by atoms with E-state index >= 15 is 0 Å². The first-order valence-electron chi connectivity index (χ1n) is 10.7. The highest BCUT2D eigenvalue weighted by Crippen LogP contribution is 2.30. The molecule has 0 aromatic carbocycles. The molecular formula is C18H32ClN3O12. The SMILES string of the molecule is CCCN(C(=O)N(CCCl)N=O)C1O[C@H](CO)[C@@H](O[C@H]2O[C@H](CO)[C@@H](O)[C@H](O)[C@H]2O)[C@H](O)[C@H]1O. The van der Waals surface area contributed by atoms with E-state index in [2.05, 4.69) is 5.29 Å². The molecule has 15 nitrogen and oxygen atoms in total. The maximum atomic E-state index is 12.8. The number of alkyl halides is 1. The van der Waals surface area contributed by atoms with Gasteiger partial charge in [-0.15, -0.1) is 16.5 Å². The van der Waals surface area contributed by atoms with E-state index in [0.717, 1.165) is 4.90 Å². The van der Waals surface area contributed by atoms with Gasteiger partial charge in [0.15, 0.2) is 12.5 Å². The summed E-state index contributed by atoms with van der Waals surface area (Å²) < 4.78 is 16.4. The molecule has 7 N–H and O–H groups in total. The third kappa shape index (κ3) is 6.11. The molecule has 10 atom stereocenters. The molecule has 2 aliphatic heterocycles. The maximum Gasteiger partial charge on any atom is 0.345 e. The van der Waals surface area contributed by atoms with Crippen LogP contribution in [0.15, 0.2) is 5.29 Å². The van der Waals surface area contributed by atoms with Crippen LogP contribution < -0.4 is 0 Å². The number of hydrogen-bond acceptors (Lipinski definition) is 13. The lowest BCUT2D eigenvalue weighted by molar-refractivity contribution is -0.347. The van der Waals surface area contributed by atoms with Crippen LogP contribution in [0.1, 0.15) is 13.3 Å². The number of nitrogens with zero attached hydrogens (tertiary/aromatic N) is 3. The van der Waals surface area contributed by atoms with E-state index in [0.29, 0.717) is 11.4 Å². The molecule has 16 heteroatoms. The number of halogens is 1.